The number of rotatable bonds is 6. The quantitative estimate of drug-likeness (QED) is 0.338. The summed E-state index contributed by atoms with van der Waals surface area (Å²) < 4.78 is 27.5. The Kier molecular flexibility index (Phi) is 9.12. The summed E-state index contributed by atoms with van der Waals surface area (Å²) in [5, 5.41) is 6.41. The van der Waals surface area contributed by atoms with Gasteiger partial charge in [-0.25, -0.2) is 8.42 Å². The zero-order valence-corrected chi connectivity index (χ0v) is 19.8. The molecule has 1 fully saturated rings. The first-order chi connectivity index (χ1) is 13.1. The van der Waals surface area contributed by atoms with E-state index in [1.165, 1.54) is 11.3 Å². The van der Waals surface area contributed by atoms with Crippen LogP contribution in [0.3, 0.4) is 0 Å². The van der Waals surface area contributed by atoms with Crippen LogP contribution in [0.1, 0.15) is 29.8 Å². The number of nitrogens with zero attached hydrogens (tertiary/aromatic N) is 3. The third-order valence-electron chi connectivity index (χ3n) is 4.36. The highest BCUT2D eigenvalue weighted by molar-refractivity contribution is 14.0. The lowest BCUT2D eigenvalue weighted by Crippen LogP contribution is -2.36. The topological polar surface area (TPSA) is 86.7 Å². The maximum atomic E-state index is 12.7. The molecule has 0 atom stereocenters. The number of sulfonamides is 1. The van der Waals surface area contributed by atoms with E-state index in [9.17, 15) is 8.42 Å². The third-order valence-corrected chi connectivity index (χ3v) is 7.81. The Hall–Kier alpha value is -1.24. The smallest absolute Gasteiger partial charge is 0.252 e. The zero-order chi connectivity index (χ0) is 19.1. The van der Waals surface area contributed by atoms with E-state index in [2.05, 4.69) is 20.6 Å². The van der Waals surface area contributed by atoms with Crippen molar-refractivity contribution < 1.29 is 8.42 Å². The number of thiophene rings is 1. The van der Waals surface area contributed by atoms with Crippen molar-refractivity contribution in [2.75, 3.05) is 20.1 Å². The van der Waals surface area contributed by atoms with Gasteiger partial charge in [0.05, 0.1) is 18.8 Å². The summed E-state index contributed by atoms with van der Waals surface area (Å²) in [6.45, 7) is 2.33. The van der Waals surface area contributed by atoms with E-state index in [1.807, 2.05) is 24.3 Å². The lowest BCUT2D eigenvalue weighted by molar-refractivity contribution is 0.347. The average Bonchev–Trinajstić information content (AvgIpc) is 3.19. The predicted molar refractivity (Wildman–Crippen MR) is 124 cm³/mol. The summed E-state index contributed by atoms with van der Waals surface area (Å²) in [4.78, 5) is 9.41. The molecule has 0 spiro atoms. The number of piperidine rings is 1. The fourth-order valence-electron chi connectivity index (χ4n) is 2.89. The molecule has 0 aromatic carbocycles. The second-order valence-corrected chi connectivity index (χ2v) is 9.62. The van der Waals surface area contributed by atoms with Gasteiger partial charge in [0.2, 0.25) is 0 Å². The summed E-state index contributed by atoms with van der Waals surface area (Å²) in [5.74, 6) is 0.648. The van der Waals surface area contributed by atoms with E-state index in [1.54, 1.807) is 23.6 Å². The average molecular weight is 535 g/mol. The number of guanidine groups is 1. The Labute approximate surface area is 187 Å². The molecule has 154 valence electrons. The molecule has 2 aromatic rings. The van der Waals surface area contributed by atoms with Crippen molar-refractivity contribution in [2.24, 2.45) is 4.99 Å². The van der Waals surface area contributed by atoms with Crippen LogP contribution in [0.5, 0.6) is 0 Å². The van der Waals surface area contributed by atoms with Crippen LogP contribution in [-0.4, -0.2) is 43.8 Å². The first-order valence-corrected chi connectivity index (χ1v) is 11.3. The molecule has 0 aliphatic carbocycles. The van der Waals surface area contributed by atoms with E-state index in [0.29, 0.717) is 36.3 Å². The summed E-state index contributed by atoms with van der Waals surface area (Å²) in [5.41, 5.74) is 0.923. The van der Waals surface area contributed by atoms with Gasteiger partial charge in [0.1, 0.15) is 4.21 Å². The maximum Gasteiger partial charge on any atom is 0.252 e. The Balaban J connectivity index is 0.00000280. The molecule has 28 heavy (non-hydrogen) atoms. The summed E-state index contributed by atoms with van der Waals surface area (Å²) in [7, 11) is -1.66. The first kappa shape index (κ1) is 23.0. The first-order valence-electron chi connectivity index (χ1n) is 9.03. The van der Waals surface area contributed by atoms with Crippen molar-refractivity contribution in [2.45, 2.75) is 36.6 Å². The molecule has 7 nitrogen and oxygen atoms in total. The third kappa shape index (κ3) is 6.13. The number of halogens is 1. The van der Waals surface area contributed by atoms with Crippen LogP contribution in [0.4, 0.5) is 0 Å². The molecule has 10 heteroatoms. The van der Waals surface area contributed by atoms with Gasteiger partial charge in [-0.15, -0.1) is 35.3 Å². The van der Waals surface area contributed by atoms with Crippen molar-refractivity contribution in [1.82, 2.24) is 19.9 Å². The Bertz CT molecular complexity index is 865. The minimum atomic E-state index is -3.36. The van der Waals surface area contributed by atoms with E-state index >= 15 is 0 Å². The van der Waals surface area contributed by atoms with Crippen LogP contribution >= 0.6 is 35.3 Å². The fraction of sp³-hybridized carbons (Fsp3) is 0.444. The number of pyridine rings is 1. The maximum absolute atomic E-state index is 12.7. The van der Waals surface area contributed by atoms with Gasteiger partial charge < -0.3 is 10.6 Å². The van der Waals surface area contributed by atoms with Gasteiger partial charge in [-0.05, 0) is 37.1 Å². The highest BCUT2D eigenvalue weighted by Crippen LogP contribution is 2.26. The highest BCUT2D eigenvalue weighted by Gasteiger charge is 2.27. The van der Waals surface area contributed by atoms with Crippen LogP contribution in [0, 0.1) is 0 Å². The van der Waals surface area contributed by atoms with E-state index in [-0.39, 0.29) is 24.0 Å². The van der Waals surface area contributed by atoms with Gasteiger partial charge in [-0.2, -0.15) is 4.31 Å². The molecule has 2 N–H and O–H groups in total. The lowest BCUT2D eigenvalue weighted by atomic mass is 10.2. The monoisotopic (exact) mass is 535 g/mol. The van der Waals surface area contributed by atoms with Gasteiger partial charge in [0.15, 0.2) is 5.96 Å². The van der Waals surface area contributed by atoms with Gasteiger partial charge in [0.25, 0.3) is 10.0 Å². The van der Waals surface area contributed by atoms with E-state index in [4.69, 9.17) is 0 Å². The van der Waals surface area contributed by atoms with E-state index in [0.717, 1.165) is 29.8 Å². The summed E-state index contributed by atoms with van der Waals surface area (Å²) >= 11 is 1.31. The van der Waals surface area contributed by atoms with Crippen molar-refractivity contribution in [1.29, 1.82) is 0 Å². The molecule has 0 unspecified atom stereocenters. The van der Waals surface area contributed by atoms with Crippen molar-refractivity contribution >= 4 is 51.3 Å². The molecular formula is C18H26IN5O2S2. The largest absolute Gasteiger partial charge is 0.352 e. The van der Waals surface area contributed by atoms with Crippen LogP contribution in [0.25, 0.3) is 0 Å². The molecule has 0 radical (unpaired) electrons. The summed E-state index contributed by atoms with van der Waals surface area (Å²) in [6, 6.07) is 9.33. The number of hydrogen-bond acceptors (Lipinski definition) is 5. The normalized spacial score (nSPS) is 15.7. The molecule has 0 saturated carbocycles. The predicted octanol–water partition coefficient (Wildman–Crippen LogP) is 2.80. The SMILES string of the molecule is CN=C(NCc1ccccn1)NCc1ccc(S(=O)(=O)N2CCCCC2)s1.I. The highest BCUT2D eigenvalue weighted by atomic mass is 127. The molecule has 3 rings (SSSR count). The second-order valence-electron chi connectivity index (χ2n) is 6.29. The molecule has 0 bridgehead atoms. The standard InChI is InChI=1S/C18H25N5O2S2.HI/c1-19-18(21-13-15-7-3-4-10-20-15)22-14-16-8-9-17(26-16)27(24,25)23-11-5-2-6-12-23;/h3-4,7-10H,2,5-6,11-14H2,1H3,(H2,19,21,22);1H. The minimum Gasteiger partial charge on any atom is -0.352 e. The molecule has 3 heterocycles. The Morgan fingerprint density at radius 3 is 2.57 bits per heavy atom. The van der Waals surface area contributed by atoms with Gasteiger partial charge in [-0.1, -0.05) is 12.5 Å². The number of aromatic nitrogens is 1. The van der Waals surface area contributed by atoms with Crippen LogP contribution in [0.2, 0.25) is 0 Å². The molecule has 1 aliphatic heterocycles. The van der Waals surface area contributed by atoms with Gasteiger partial charge in [-0.3, -0.25) is 9.98 Å². The Morgan fingerprint density at radius 2 is 1.89 bits per heavy atom. The van der Waals surface area contributed by atoms with Crippen LogP contribution in [0.15, 0.2) is 45.7 Å². The number of hydrogen-bond donors (Lipinski definition) is 2. The molecule has 1 saturated heterocycles. The van der Waals surface area contributed by atoms with Crippen molar-refractivity contribution in [3.8, 4) is 0 Å². The second kappa shape index (κ2) is 11.1. The number of nitrogens with one attached hydrogen (secondary N) is 2. The fourth-order valence-corrected chi connectivity index (χ4v) is 5.86. The van der Waals surface area contributed by atoms with Crippen LogP contribution in [-0.2, 0) is 23.1 Å². The molecule has 2 aromatic heterocycles. The number of aliphatic imine (C=N–C) groups is 1. The van der Waals surface area contributed by atoms with Crippen LogP contribution < -0.4 is 10.6 Å². The summed E-state index contributed by atoms with van der Waals surface area (Å²) in [6.07, 6.45) is 4.74. The van der Waals surface area contributed by atoms with Crippen molar-refractivity contribution in [3.63, 3.8) is 0 Å². The molecule has 0 amide bonds. The Morgan fingerprint density at radius 1 is 1.14 bits per heavy atom. The zero-order valence-electron chi connectivity index (χ0n) is 15.8. The minimum absolute atomic E-state index is 0. The van der Waals surface area contributed by atoms with Gasteiger partial charge >= 0.3 is 0 Å². The molecule has 1 aliphatic rings. The van der Waals surface area contributed by atoms with E-state index < -0.39 is 10.0 Å². The van der Waals surface area contributed by atoms with Gasteiger partial charge in [0, 0.05) is 31.2 Å². The van der Waals surface area contributed by atoms with Crippen molar-refractivity contribution in [3.05, 3.63) is 47.1 Å². The molecular weight excluding hydrogens is 509 g/mol. The lowest BCUT2D eigenvalue weighted by Gasteiger charge is -2.25.